The topological polar surface area (TPSA) is 55.9 Å². The molecule has 0 aliphatic heterocycles. The van der Waals surface area contributed by atoms with Crippen LogP contribution in [0.3, 0.4) is 0 Å². The SMILES string of the molecule is CC[n+]1cc(N)ccc1N. The Balaban J connectivity index is 3.09. The van der Waals surface area contributed by atoms with Gasteiger partial charge in [-0.3, -0.25) is 5.73 Å². The first-order valence-electron chi connectivity index (χ1n) is 3.28. The van der Waals surface area contributed by atoms with Gasteiger partial charge in [-0.15, -0.1) is 0 Å². The molecule has 3 nitrogen and oxygen atoms in total. The summed E-state index contributed by atoms with van der Waals surface area (Å²) >= 11 is 0. The summed E-state index contributed by atoms with van der Waals surface area (Å²) in [6.45, 7) is 2.88. The fourth-order valence-electron chi connectivity index (χ4n) is 0.849. The number of anilines is 2. The lowest BCUT2D eigenvalue weighted by molar-refractivity contribution is -0.678. The number of nitrogens with two attached hydrogens (primary N) is 2. The van der Waals surface area contributed by atoms with Gasteiger partial charge in [-0.1, -0.05) is 0 Å². The molecule has 1 rings (SSSR count). The van der Waals surface area contributed by atoms with Gasteiger partial charge >= 0.3 is 0 Å². The van der Waals surface area contributed by atoms with E-state index < -0.39 is 0 Å². The lowest BCUT2D eigenvalue weighted by Crippen LogP contribution is -2.35. The quantitative estimate of drug-likeness (QED) is 0.543. The minimum atomic E-state index is 0.746. The fourth-order valence-corrected chi connectivity index (χ4v) is 0.849. The van der Waals surface area contributed by atoms with Crippen LogP contribution in [0.25, 0.3) is 0 Å². The molecule has 0 aliphatic carbocycles. The summed E-state index contributed by atoms with van der Waals surface area (Å²) in [5.41, 5.74) is 11.9. The third kappa shape index (κ3) is 1.18. The van der Waals surface area contributed by atoms with E-state index in [1.54, 1.807) is 12.1 Å². The zero-order valence-electron chi connectivity index (χ0n) is 6.04. The highest BCUT2D eigenvalue weighted by atomic mass is 15.0. The van der Waals surface area contributed by atoms with Crippen LogP contribution < -0.4 is 16.0 Å². The highest BCUT2D eigenvalue weighted by molar-refractivity contribution is 5.36. The molecule has 3 heteroatoms. The maximum atomic E-state index is 5.61. The van der Waals surface area contributed by atoms with Crippen molar-refractivity contribution in [3.8, 4) is 0 Å². The highest BCUT2D eigenvalue weighted by Crippen LogP contribution is 1.99. The van der Waals surface area contributed by atoms with Crippen LogP contribution >= 0.6 is 0 Å². The summed E-state index contributed by atoms with van der Waals surface area (Å²) in [7, 11) is 0. The van der Waals surface area contributed by atoms with E-state index in [1.165, 1.54) is 0 Å². The van der Waals surface area contributed by atoms with Crippen LogP contribution in [0, 0.1) is 0 Å². The second-order valence-corrected chi connectivity index (χ2v) is 2.17. The second-order valence-electron chi connectivity index (χ2n) is 2.17. The van der Waals surface area contributed by atoms with Crippen LogP contribution in [-0.4, -0.2) is 0 Å². The monoisotopic (exact) mass is 138 g/mol. The second kappa shape index (κ2) is 2.56. The number of aryl methyl sites for hydroxylation is 1. The van der Waals surface area contributed by atoms with Crippen LogP contribution in [-0.2, 0) is 6.54 Å². The van der Waals surface area contributed by atoms with Crippen LogP contribution in [0.4, 0.5) is 11.5 Å². The molecule has 10 heavy (non-hydrogen) atoms. The predicted octanol–water partition coefficient (Wildman–Crippen LogP) is 0.158. The Morgan fingerprint density at radius 2 is 2.10 bits per heavy atom. The van der Waals surface area contributed by atoms with Crippen molar-refractivity contribution in [2.75, 3.05) is 11.5 Å². The van der Waals surface area contributed by atoms with Crippen LogP contribution in [0.5, 0.6) is 0 Å². The van der Waals surface area contributed by atoms with Gasteiger partial charge < -0.3 is 5.73 Å². The van der Waals surface area contributed by atoms with E-state index in [0.29, 0.717) is 0 Å². The predicted molar refractivity (Wildman–Crippen MR) is 41.1 cm³/mol. The summed E-state index contributed by atoms with van der Waals surface area (Å²) in [6, 6.07) is 3.60. The minimum Gasteiger partial charge on any atom is -0.396 e. The average molecular weight is 138 g/mol. The van der Waals surface area contributed by atoms with E-state index >= 15 is 0 Å². The van der Waals surface area contributed by atoms with Gasteiger partial charge in [-0.25, -0.2) is 4.57 Å². The smallest absolute Gasteiger partial charge is 0.272 e. The Kier molecular flexibility index (Phi) is 1.76. The molecule has 0 unspecified atom stereocenters. The van der Waals surface area contributed by atoms with Crippen molar-refractivity contribution < 1.29 is 4.57 Å². The van der Waals surface area contributed by atoms with E-state index in [0.717, 1.165) is 18.1 Å². The Hall–Kier alpha value is -1.25. The molecule has 0 saturated carbocycles. The number of hydrogen-bond donors (Lipinski definition) is 2. The number of pyridine rings is 1. The molecule has 1 heterocycles. The van der Waals surface area contributed by atoms with Gasteiger partial charge in [0.25, 0.3) is 5.82 Å². The van der Waals surface area contributed by atoms with E-state index in [9.17, 15) is 0 Å². The summed E-state index contributed by atoms with van der Waals surface area (Å²) in [4.78, 5) is 0. The van der Waals surface area contributed by atoms with Crippen molar-refractivity contribution in [3.63, 3.8) is 0 Å². The van der Waals surface area contributed by atoms with Gasteiger partial charge in [-0.05, 0) is 13.0 Å². The lowest BCUT2D eigenvalue weighted by Gasteiger charge is -1.98. The largest absolute Gasteiger partial charge is 0.396 e. The van der Waals surface area contributed by atoms with Crippen molar-refractivity contribution in [1.82, 2.24) is 0 Å². The molecule has 1 aromatic rings. The first-order valence-corrected chi connectivity index (χ1v) is 3.28. The number of rotatable bonds is 1. The average Bonchev–Trinajstić information content (AvgIpc) is 1.94. The number of aromatic nitrogens is 1. The van der Waals surface area contributed by atoms with E-state index in [1.807, 2.05) is 17.7 Å². The van der Waals surface area contributed by atoms with Gasteiger partial charge in [0.05, 0.1) is 12.2 Å². The molecule has 0 atom stereocenters. The zero-order chi connectivity index (χ0) is 7.56. The first kappa shape index (κ1) is 6.86. The highest BCUT2D eigenvalue weighted by Gasteiger charge is 1.99. The standard InChI is InChI=1S/C7H11N3/c1-2-10-5-6(8)3-4-7(10)9/h3-5,9H,2,8H2,1H3/p+1. The van der Waals surface area contributed by atoms with Crippen molar-refractivity contribution in [2.24, 2.45) is 0 Å². The Labute approximate surface area is 60.3 Å². The van der Waals surface area contributed by atoms with Gasteiger partial charge in [0.2, 0.25) is 0 Å². The number of nitrogens with zero attached hydrogens (tertiary/aromatic N) is 1. The van der Waals surface area contributed by atoms with Gasteiger partial charge in [0, 0.05) is 6.07 Å². The van der Waals surface area contributed by atoms with Crippen LogP contribution in [0.1, 0.15) is 6.92 Å². The van der Waals surface area contributed by atoms with E-state index in [4.69, 9.17) is 11.5 Å². The molecule has 0 amide bonds. The van der Waals surface area contributed by atoms with Gasteiger partial charge in [0.15, 0.2) is 0 Å². The molecular formula is C7H12N3+. The molecule has 0 bridgehead atoms. The van der Waals surface area contributed by atoms with Crippen molar-refractivity contribution in [1.29, 1.82) is 0 Å². The van der Waals surface area contributed by atoms with Crippen LogP contribution in [0.15, 0.2) is 18.3 Å². The molecule has 0 radical (unpaired) electrons. The molecule has 4 N–H and O–H groups in total. The Morgan fingerprint density at radius 3 is 2.60 bits per heavy atom. The molecule has 0 saturated heterocycles. The molecule has 0 spiro atoms. The van der Waals surface area contributed by atoms with Crippen molar-refractivity contribution >= 4 is 11.5 Å². The summed E-state index contributed by atoms with van der Waals surface area (Å²) in [6.07, 6.45) is 1.83. The van der Waals surface area contributed by atoms with Gasteiger partial charge in [-0.2, -0.15) is 0 Å². The summed E-state index contributed by atoms with van der Waals surface area (Å²) in [5, 5.41) is 0. The summed E-state index contributed by atoms with van der Waals surface area (Å²) < 4.78 is 1.90. The molecule has 1 aromatic heterocycles. The summed E-state index contributed by atoms with van der Waals surface area (Å²) in [5.74, 6) is 0.747. The van der Waals surface area contributed by atoms with Gasteiger partial charge in [0.1, 0.15) is 6.20 Å². The lowest BCUT2D eigenvalue weighted by atomic mass is 10.4. The Morgan fingerprint density at radius 1 is 1.40 bits per heavy atom. The van der Waals surface area contributed by atoms with E-state index in [-0.39, 0.29) is 0 Å². The van der Waals surface area contributed by atoms with Crippen molar-refractivity contribution in [3.05, 3.63) is 18.3 Å². The molecule has 0 aromatic carbocycles. The Bertz CT molecular complexity index is 232. The maximum Gasteiger partial charge on any atom is 0.272 e. The maximum absolute atomic E-state index is 5.61. The fraction of sp³-hybridized carbons (Fsp3) is 0.286. The molecule has 0 aliphatic rings. The third-order valence-electron chi connectivity index (χ3n) is 1.42. The van der Waals surface area contributed by atoms with Crippen molar-refractivity contribution in [2.45, 2.75) is 13.5 Å². The number of hydrogen-bond acceptors (Lipinski definition) is 2. The third-order valence-corrected chi connectivity index (χ3v) is 1.42. The van der Waals surface area contributed by atoms with Crippen LogP contribution in [0.2, 0.25) is 0 Å². The normalized spacial score (nSPS) is 9.70. The zero-order valence-corrected chi connectivity index (χ0v) is 6.04. The molecule has 0 fully saturated rings. The van der Waals surface area contributed by atoms with E-state index in [2.05, 4.69) is 0 Å². The molecule has 54 valence electrons. The molecular weight excluding hydrogens is 126 g/mol. The minimum absolute atomic E-state index is 0.746. The number of nitrogen functional groups attached to an aromatic ring is 2. The first-order chi connectivity index (χ1) is 4.74.